The van der Waals surface area contributed by atoms with Gasteiger partial charge in [-0.25, -0.2) is 0 Å². The average molecular weight is 349 g/mol. The summed E-state index contributed by atoms with van der Waals surface area (Å²) < 4.78 is 25.9. The minimum absolute atomic E-state index is 0.246. The second-order valence-electron chi connectivity index (χ2n) is 5.60. The molecule has 0 aromatic carbocycles. The van der Waals surface area contributed by atoms with E-state index in [2.05, 4.69) is 37.2 Å². The Labute approximate surface area is 134 Å². The number of allylic oxidation sites excluding steroid dienone is 6. The van der Waals surface area contributed by atoms with E-state index in [0.29, 0.717) is 0 Å². The molecule has 2 N–H and O–H groups in total. The second kappa shape index (κ2) is 11.0. The third kappa shape index (κ3) is 13.1. The van der Waals surface area contributed by atoms with E-state index in [1.54, 1.807) is 6.08 Å². The quantitative estimate of drug-likeness (QED) is 0.415. The van der Waals surface area contributed by atoms with Crippen LogP contribution in [0.4, 0.5) is 0 Å². The van der Waals surface area contributed by atoms with Gasteiger partial charge in [-0.3, -0.25) is 4.57 Å². The first kappa shape index (κ1) is 21.4. The van der Waals surface area contributed by atoms with Crippen molar-refractivity contribution in [3.05, 3.63) is 34.9 Å². The molecule has 126 valence electrons. The van der Waals surface area contributed by atoms with Crippen molar-refractivity contribution in [3.63, 3.8) is 0 Å². The Morgan fingerprint density at radius 1 is 1.05 bits per heavy atom. The fraction of sp³-hybridized carbons (Fsp3) is 0.600. The first-order chi connectivity index (χ1) is 10.1. The first-order valence-electron chi connectivity index (χ1n) is 7.24. The molecule has 0 aromatic rings. The Bertz CT molecular complexity index is 502. The molecule has 0 spiro atoms. The highest BCUT2D eigenvalue weighted by atomic mass is 31.2. The van der Waals surface area contributed by atoms with Gasteiger partial charge in [0.15, 0.2) is 0 Å². The lowest BCUT2D eigenvalue weighted by Gasteiger charge is -2.03. The van der Waals surface area contributed by atoms with Gasteiger partial charge in [0.25, 0.3) is 0 Å². The molecule has 7 heteroatoms. The van der Waals surface area contributed by atoms with Gasteiger partial charge in [0.2, 0.25) is 0 Å². The third-order valence-corrected chi connectivity index (χ3v) is 5.21. The van der Waals surface area contributed by atoms with Crippen LogP contribution in [0.2, 0.25) is 0 Å². The van der Waals surface area contributed by atoms with E-state index in [4.69, 9.17) is 4.89 Å². The highest BCUT2D eigenvalue weighted by molar-refractivity contribution is 7.59. The van der Waals surface area contributed by atoms with Crippen LogP contribution in [0.1, 0.15) is 53.4 Å². The van der Waals surface area contributed by atoms with Gasteiger partial charge in [0.05, 0.1) is 6.16 Å². The van der Waals surface area contributed by atoms with Crippen LogP contribution in [0.3, 0.4) is 0 Å². The molecule has 0 saturated carbocycles. The third-order valence-electron chi connectivity index (χ3n) is 2.99. The van der Waals surface area contributed by atoms with Gasteiger partial charge in [0, 0.05) is 4.57 Å². The SMILES string of the molecule is CC(C)=CCCC(C)=CCCC(C)=CCP(=O)(O)O[P+](=O)O. The van der Waals surface area contributed by atoms with Crippen molar-refractivity contribution in [2.75, 3.05) is 6.16 Å². The molecule has 0 aliphatic rings. The maximum absolute atomic E-state index is 11.4. The highest BCUT2D eigenvalue weighted by Gasteiger charge is 2.31. The molecule has 2 atom stereocenters. The molecule has 22 heavy (non-hydrogen) atoms. The molecule has 0 radical (unpaired) electrons. The minimum atomic E-state index is -4.01. The van der Waals surface area contributed by atoms with Crippen molar-refractivity contribution in [2.45, 2.75) is 53.4 Å². The molecule has 0 saturated heterocycles. The van der Waals surface area contributed by atoms with Gasteiger partial charge in [-0.1, -0.05) is 34.9 Å². The zero-order valence-electron chi connectivity index (χ0n) is 13.8. The minimum Gasteiger partial charge on any atom is -0.321 e. The Balaban J connectivity index is 4.19. The molecule has 0 aliphatic carbocycles. The van der Waals surface area contributed by atoms with Crippen LogP contribution in [0.25, 0.3) is 0 Å². The summed E-state index contributed by atoms with van der Waals surface area (Å²) in [5.41, 5.74) is 3.62. The van der Waals surface area contributed by atoms with E-state index in [9.17, 15) is 14.0 Å². The summed E-state index contributed by atoms with van der Waals surface area (Å²) in [6.45, 7) is 8.14. The Morgan fingerprint density at radius 2 is 1.55 bits per heavy atom. The van der Waals surface area contributed by atoms with Crippen molar-refractivity contribution >= 4 is 15.9 Å². The molecule has 5 nitrogen and oxygen atoms in total. The Morgan fingerprint density at radius 3 is 2.05 bits per heavy atom. The summed E-state index contributed by atoms with van der Waals surface area (Å²) in [6, 6.07) is 0. The van der Waals surface area contributed by atoms with Gasteiger partial charge < -0.3 is 4.89 Å². The predicted octanol–water partition coefficient (Wildman–Crippen LogP) is 5.26. The van der Waals surface area contributed by atoms with Crippen molar-refractivity contribution in [2.24, 2.45) is 0 Å². The highest BCUT2D eigenvalue weighted by Crippen LogP contribution is 2.49. The summed E-state index contributed by atoms with van der Waals surface area (Å²) in [7, 11) is -7.07. The number of hydrogen-bond acceptors (Lipinski definition) is 3. The average Bonchev–Trinajstić information content (AvgIpc) is 2.34. The van der Waals surface area contributed by atoms with Gasteiger partial charge in [-0.05, 0) is 57.7 Å². The van der Waals surface area contributed by atoms with E-state index < -0.39 is 15.9 Å². The van der Waals surface area contributed by atoms with E-state index in [0.717, 1.165) is 31.3 Å². The molecule has 0 aliphatic heterocycles. The van der Waals surface area contributed by atoms with Crippen LogP contribution in [-0.4, -0.2) is 15.9 Å². The van der Waals surface area contributed by atoms with Gasteiger partial charge in [0.1, 0.15) is 0 Å². The van der Waals surface area contributed by atoms with Crippen LogP contribution in [0.5, 0.6) is 0 Å². The smallest absolute Gasteiger partial charge is 0.321 e. The summed E-state index contributed by atoms with van der Waals surface area (Å²) in [6.07, 6.45) is 9.47. The number of rotatable bonds is 10. The predicted molar refractivity (Wildman–Crippen MR) is 91.0 cm³/mol. The van der Waals surface area contributed by atoms with Crippen LogP contribution in [0, 0.1) is 0 Å². The van der Waals surface area contributed by atoms with E-state index in [1.807, 2.05) is 6.92 Å². The molecule has 0 bridgehead atoms. The molecule has 0 heterocycles. The molecule has 2 unspecified atom stereocenters. The summed E-state index contributed by atoms with van der Waals surface area (Å²) >= 11 is 0. The first-order valence-corrected chi connectivity index (χ1v) is 10.1. The topological polar surface area (TPSA) is 83.8 Å². The van der Waals surface area contributed by atoms with E-state index in [-0.39, 0.29) is 6.16 Å². The monoisotopic (exact) mass is 349 g/mol. The lowest BCUT2D eigenvalue weighted by atomic mass is 10.1. The largest absolute Gasteiger partial charge is 0.703 e. The maximum Gasteiger partial charge on any atom is 0.703 e. The fourth-order valence-corrected chi connectivity index (χ4v) is 3.43. The zero-order valence-corrected chi connectivity index (χ0v) is 15.6. The van der Waals surface area contributed by atoms with Crippen LogP contribution in [0.15, 0.2) is 34.9 Å². The molecular formula is C15H27O5P2+. The van der Waals surface area contributed by atoms with Crippen molar-refractivity contribution in [1.82, 2.24) is 0 Å². The molecular weight excluding hydrogens is 322 g/mol. The standard InChI is InChI=1S/C15H26O5P2/c1-13(2)7-5-8-14(3)9-6-10-15(4)11-12-22(18,19)20-21(16)17/h7,9,11H,5-6,8,10,12H2,1-4H3,(H-,16,17,18,19)/p+1. The number of hydrogen-bond donors (Lipinski definition) is 2. The fourth-order valence-electron chi connectivity index (χ4n) is 1.75. The van der Waals surface area contributed by atoms with Crippen LogP contribution in [-0.2, 0) is 13.4 Å². The van der Waals surface area contributed by atoms with Gasteiger partial charge in [-0.15, -0.1) is 4.89 Å². The van der Waals surface area contributed by atoms with Crippen LogP contribution >= 0.6 is 15.9 Å². The van der Waals surface area contributed by atoms with Crippen molar-refractivity contribution in [3.8, 4) is 0 Å². The summed E-state index contributed by atoms with van der Waals surface area (Å²) in [5.74, 6) is 0. The summed E-state index contributed by atoms with van der Waals surface area (Å²) in [4.78, 5) is 17.8. The zero-order chi connectivity index (χ0) is 17.2. The van der Waals surface area contributed by atoms with Crippen molar-refractivity contribution < 1.29 is 23.2 Å². The maximum atomic E-state index is 11.4. The van der Waals surface area contributed by atoms with E-state index >= 15 is 0 Å². The van der Waals surface area contributed by atoms with Gasteiger partial charge in [-0.2, -0.15) is 0 Å². The Kier molecular flexibility index (Phi) is 10.8. The Hall–Kier alpha value is -0.570. The molecule has 0 rings (SSSR count). The molecule has 0 aromatic heterocycles. The molecule has 0 amide bonds. The second-order valence-corrected chi connectivity index (χ2v) is 8.37. The van der Waals surface area contributed by atoms with E-state index in [1.165, 1.54) is 11.1 Å². The molecule has 0 fully saturated rings. The van der Waals surface area contributed by atoms with Crippen LogP contribution < -0.4 is 0 Å². The summed E-state index contributed by atoms with van der Waals surface area (Å²) in [5, 5.41) is 0. The lowest BCUT2D eigenvalue weighted by Crippen LogP contribution is -1.88. The van der Waals surface area contributed by atoms with Crippen molar-refractivity contribution in [1.29, 1.82) is 0 Å². The van der Waals surface area contributed by atoms with Gasteiger partial charge >= 0.3 is 15.9 Å². The lowest BCUT2D eigenvalue weighted by molar-refractivity contribution is 0.352. The normalized spacial score (nSPS) is 16.2.